The molecule has 0 radical (unpaired) electrons. The van der Waals surface area contributed by atoms with Gasteiger partial charge in [0, 0.05) is 12.2 Å². The molecule has 0 saturated carbocycles. The van der Waals surface area contributed by atoms with Gasteiger partial charge in [-0.05, 0) is 25.0 Å². The van der Waals surface area contributed by atoms with E-state index in [9.17, 15) is 4.57 Å². The summed E-state index contributed by atoms with van der Waals surface area (Å²) in [6.07, 6.45) is 37.9. The molecule has 0 aliphatic rings. The Labute approximate surface area is 260 Å². The molecule has 0 saturated heterocycles. The molecule has 5 nitrogen and oxygen atoms in total. The van der Waals surface area contributed by atoms with Gasteiger partial charge < -0.3 is 15.1 Å². The molecule has 0 amide bonds. The van der Waals surface area contributed by atoms with Crippen molar-refractivity contribution in [2.24, 2.45) is 0 Å². The average molecular weight is 610 g/mol. The maximum Gasteiger partial charge on any atom is 0.469 e. The number of phosphoric acid groups is 1. The summed E-state index contributed by atoms with van der Waals surface area (Å²) < 4.78 is 15.0. The normalized spacial score (nSPS) is 11.8. The van der Waals surface area contributed by atoms with Crippen LogP contribution in [0.25, 0.3) is 0 Å². The van der Waals surface area contributed by atoms with E-state index in [4.69, 9.17) is 9.79 Å². The molecule has 0 atom stereocenters. The van der Waals surface area contributed by atoms with Crippen LogP contribution in [0.1, 0.15) is 180 Å². The van der Waals surface area contributed by atoms with E-state index in [2.05, 4.69) is 40.2 Å². The highest BCUT2D eigenvalue weighted by molar-refractivity contribution is 7.46. The molecule has 0 spiro atoms. The summed E-state index contributed by atoms with van der Waals surface area (Å²) in [5, 5.41) is 3.51. The molecule has 0 aliphatic heterocycles. The molecule has 246 valence electrons. The van der Waals surface area contributed by atoms with Crippen LogP contribution >= 0.6 is 7.82 Å². The quantitative estimate of drug-likeness (QED) is 0.0546. The summed E-state index contributed by atoms with van der Waals surface area (Å²) in [4.78, 5) is 17.3. The molecule has 0 aliphatic carbocycles. The van der Waals surface area contributed by atoms with Gasteiger partial charge >= 0.3 is 7.82 Å². The van der Waals surface area contributed by atoms with Gasteiger partial charge in [-0.1, -0.05) is 185 Å². The third kappa shape index (κ3) is 30.6. The lowest BCUT2D eigenvalue weighted by molar-refractivity contribution is 0.193. The lowest BCUT2D eigenvalue weighted by Gasteiger charge is -2.06. The van der Waals surface area contributed by atoms with Crippen molar-refractivity contribution in [3.8, 4) is 0 Å². The largest absolute Gasteiger partial charge is 0.469 e. The van der Waals surface area contributed by atoms with Gasteiger partial charge in [0.15, 0.2) is 0 Å². The molecular formula is C36H68NO4P. The number of phosphoric ester groups is 1. The summed E-state index contributed by atoms with van der Waals surface area (Å²) in [7, 11) is -4.27. The first-order valence-electron chi connectivity index (χ1n) is 18.1. The van der Waals surface area contributed by atoms with E-state index in [1.54, 1.807) is 0 Å². The van der Waals surface area contributed by atoms with Crippen molar-refractivity contribution >= 4 is 13.5 Å². The average Bonchev–Trinajstić information content (AvgIpc) is 2.97. The van der Waals surface area contributed by atoms with Gasteiger partial charge in [-0.25, -0.2) is 4.57 Å². The summed E-state index contributed by atoms with van der Waals surface area (Å²) in [5.74, 6) is 0. The fourth-order valence-electron chi connectivity index (χ4n) is 5.80. The van der Waals surface area contributed by atoms with Crippen LogP contribution in [0, 0.1) is 0 Å². The van der Waals surface area contributed by atoms with Crippen LogP contribution < -0.4 is 5.32 Å². The fourth-order valence-corrected chi connectivity index (χ4v) is 6.16. The summed E-state index contributed by atoms with van der Waals surface area (Å²) >= 11 is 0. The summed E-state index contributed by atoms with van der Waals surface area (Å²) in [6.45, 7) is 1.27. The second-order valence-corrected chi connectivity index (χ2v) is 13.8. The zero-order chi connectivity index (χ0) is 30.2. The van der Waals surface area contributed by atoms with Crippen LogP contribution in [0.3, 0.4) is 0 Å². The lowest BCUT2D eigenvalue weighted by atomic mass is 10.0. The second kappa shape index (κ2) is 30.2. The minimum absolute atomic E-state index is 0.168. The number of hydrogen-bond acceptors (Lipinski definition) is 3. The van der Waals surface area contributed by atoms with Crippen molar-refractivity contribution in [1.82, 2.24) is 0 Å². The smallest absolute Gasteiger partial charge is 0.385 e. The standard InChI is InChI=1S/C36H68NO4P/c38-42(39,40)41-35-31-26-24-22-20-18-16-14-12-10-8-6-4-2-1-3-5-7-9-11-13-15-17-19-21-23-25-30-34-37-36-32-28-27-29-33-36/h27-29,32-33,37H,1-26,30-31,34-35H2,(H2,38,39,40). The Hall–Kier alpha value is -0.870. The number of benzene rings is 1. The Morgan fingerprint density at radius 1 is 0.452 bits per heavy atom. The molecular weight excluding hydrogens is 541 g/mol. The van der Waals surface area contributed by atoms with Crippen molar-refractivity contribution in [2.75, 3.05) is 18.5 Å². The molecule has 0 unspecified atom stereocenters. The highest BCUT2D eigenvalue weighted by Crippen LogP contribution is 2.35. The van der Waals surface area contributed by atoms with Crippen molar-refractivity contribution in [3.63, 3.8) is 0 Å². The minimum Gasteiger partial charge on any atom is -0.385 e. The molecule has 0 fully saturated rings. The highest BCUT2D eigenvalue weighted by atomic mass is 31.2. The number of anilines is 1. The highest BCUT2D eigenvalue weighted by Gasteiger charge is 2.12. The van der Waals surface area contributed by atoms with Crippen LogP contribution in [-0.4, -0.2) is 22.9 Å². The van der Waals surface area contributed by atoms with Gasteiger partial charge in [-0.2, -0.15) is 0 Å². The van der Waals surface area contributed by atoms with Gasteiger partial charge in [0.2, 0.25) is 0 Å². The summed E-state index contributed by atoms with van der Waals surface area (Å²) in [6, 6.07) is 10.5. The van der Waals surface area contributed by atoms with E-state index < -0.39 is 7.82 Å². The zero-order valence-corrected chi connectivity index (χ0v) is 28.2. The van der Waals surface area contributed by atoms with Crippen LogP contribution in [-0.2, 0) is 9.09 Å². The van der Waals surface area contributed by atoms with Gasteiger partial charge in [0.05, 0.1) is 6.61 Å². The molecule has 3 N–H and O–H groups in total. The van der Waals surface area contributed by atoms with E-state index in [1.807, 2.05) is 0 Å². The molecule has 0 heterocycles. The van der Waals surface area contributed by atoms with E-state index >= 15 is 0 Å². The van der Waals surface area contributed by atoms with E-state index in [0.717, 1.165) is 25.8 Å². The van der Waals surface area contributed by atoms with Crippen LogP contribution in [0.15, 0.2) is 30.3 Å². The summed E-state index contributed by atoms with van der Waals surface area (Å²) in [5.41, 5.74) is 1.25. The monoisotopic (exact) mass is 609 g/mol. The topological polar surface area (TPSA) is 78.8 Å². The van der Waals surface area contributed by atoms with Crippen molar-refractivity contribution in [1.29, 1.82) is 0 Å². The molecule has 6 heteroatoms. The Morgan fingerprint density at radius 3 is 1.05 bits per heavy atom. The van der Waals surface area contributed by atoms with Crippen LogP contribution in [0.5, 0.6) is 0 Å². The predicted molar refractivity (Wildman–Crippen MR) is 182 cm³/mol. The number of rotatable bonds is 33. The Balaban J connectivity index is 1.63. The SMILES string of the molecule is O=P(O)(O)OCCCCCCCCCCCCCCCCCCCCCCCCCCCCCCNc1ccccc1. The Bertz CT molecular complexity index is 712. The molecule has 1 aromatic carbocycles. The maximum atomic E-state index is 10.6. The predicted octanol–water partition coefficient (Wildman–Crippen LogP) is 12.1. The number of hydrogen-bond donors (Lipinski definition) is 3. The molecule has 42 heavy (non-hydrogen) atoms. The number of nitrogens with one attached hydrogen (secondary N) is 1. The third-order valence-corrected chi connectivity index (χ3v) is 8.95. The number of unbranched alkanes of at least 4 members (excludes halogenated alkanes) is 27. The maximum absolute atomic E-state index is 10.6. The molecule has 1 rings (SSSR count). The second-order valence-electron chi connectivity index (χ2n) is 12.5. The van der Waals surface area contributed by atoms with Crippen molar-refractivity contribution < 1.29 is 18.9 Å². The minimum atomic E-state index is -4.27. The lowest BCUT2D eigenvalue weighted by Crippen LogP contribution is -2.00. The fraction of sp³-hybridized carbons (Fsp3) is 0.833. The van der Waals surface area contributed by atoms with Crippen molar-refractivity contribution in [3.05, 3.63) is 30.3 Å². The first-order chi connectivity index (χ1) is 20.6. The number of para-hydroxylation sites is 1. The van der Waals surface area contributed by atoms with Crippen LogP contribution in [0.4, 0.5) is 5.69 Å². The van der Waals surface area contributed by atoms with E-state index in [-0.39, 0.29) is 6.61 Å². The first kappa shape index (κ1) is 39.2. The zero-order valence-electron chi connectivity index (χ0n) is 27.3. The van der Waals surface area contributed by atoms with Gasteiger partial charge in [0.25, 0.3) is 0 Å². The molecule has 0 aromatic heterocycles. The third-order valence-electron chi connectivity index (χ3n) is 8.43. The van der Waals surface area contributed by atoms with Crippen molar-refractivity contribution in [2.45, 2.75) is 180 Å². The first-order valence-corrected chi connectivity index (χ1v) is 19.6. The van der Waals surface area contributed by atoms with Gasteiger partial charge in [0.1, 0.15) is 0 Å². The van der Waals surface area contributed by atoms with Crippen LogP contribution in [0.2, 0.25) is 0 Å². The molecule has 1 aromatic rings. The van der Waals surface area contributed by atoms with E-state index in [0.29, 0.717) is 0 Å². The molecule has 0 bridgehead atoms. The van der Waals surface area contributed by atoms with E-state index in [1.165, 1.54) is 166 Å². The van der Waals surface area contributed by atoms with Gasteiger partial charge in [-0.15, -0.1) is 0 Å². The Kier molecular flexibility index (Phi) is 28.1. The van der Waals surface area contributed by atoms with Gasteiger partial charge in [-0.3, -0.25) is 4.52 Å². The Morgan fingerprint density at radius 2 is 0.738 bits per heavy atom.